The van der Waals surface area contributed by atoms with Gasteiger partial charge in [-0.2, -0.15) is 0 Å². The molecule has 0 bridgehead atoms. The van der Waals surface area contributed by atoms with Gasteiger partial charge in [-0.25, -0.2) is 9.59 Å². The highest BCUT2D eigenvalue weighted by molar-refractivity contribution is 5.89. The number of carboxylic acid groups (broad SMARTS) is 2. The van der Waals surface area contributed by atoms with Crippen LogP contribution in [0.3, 0.4) is 0 Å². The van der Waals surface area contributed by atoms with Crippen molar-refractivity contribution < 1.29 is 24.9 Å². The van der Waals surface area contributed by atoms with E-state index in [-0.39, 0.29) is 12.1 Å². The number of hydrogen-bond acceptors (Lipinski definition) is 5. The van der Waals surface area contributed by atoms with Crippen LogP contribution in [-0.4, -0.2) is 57.4 Å². The second-order valence-electron chi connectivity index (χ2n) is 4.92. The van der Waals surface area contributed by atoms with Gasteiger partial charge in [-0.05, 0) is 5.56 Å². The molecule has 1 aromatic carbocycles. The molecule has 0 saturated carbocycles. The van der Waals surface area contributed by atoms with Crippen LogP contribution < -0.4 is 5.73 Å². The van der Waals surface area contributed by atoms with Crippen molar-refractivity contribution in [1.29, 1.82) is 0 Å². The molecule has 1 aromatic rings. The number of aliphatic carboxylic acids is 2. The summed E-state index contributed by atoms with van der Waals surface area (Å²) < 4.78 is 0. The largest absolute Gasteiger partial charge is 0.478 e. The monoisotopic (exact) mass is 308 g/mol. The lowest BCUT2D eigenvalue weighted by Gasteiger charge is -2.14. The molecule has 2 rings (SSSR count). The fraction of sp³-hybridized carbons (Fsp3) is 0.333. The molecule has 0 spiro atoms. The first-order chi connectivity index (χ1) is 10.4. The Balaban J connectivity index is 0.000000261. The van der Waals surface area contributed by atoms with Crippen LogP contribution in [0, 0.1) is 0 Å². The van der Waals surface area contributed by atoms with E-state index in [1.165, 1.54) is 5.56 Å². The Hall–Kier alpha value is -2.22. The molecule has 1 heterocycles. The molecule has 0 aromatic heterocycles. The Kier molecular flexibility index (Phi) is 7.24. The van der Waals surface area contributed by atoms with E-state index in [9.17, 15) is 14.7 Å². The predicted molar refractivity (Wildman–Crippen MR) is 80.1 cm³/mol. The predicted octanol–water partition coefficient (Wildman–Crippen LogP) is -0.0978. The average Bonchev–Trinajstić information content (AvgIpc) is 2.77. The lowest BCUT2D eigenvalue weighted by molar-refractivity contribution is -0.134. The van der Waals surface area contributed by atoms with Crippen LogP contribution in [0.2, 0.25) is 0 Å². The summed E-state index contributed by atoms with van der Waals surface area (Å²) in [7, 11) is 0. The molecule has 2 atom stereocenters. The Morgan fingerprint density at radius 1 is 1.14 bits per heavy atom. The maximum Gasteiger partial charge on any atom is 0.328 e. The minimum atomic E-state index is -1.26. The summed E-state index contributed by atoms with van der Waals surface area (Å²) in [4.78, 5) is 21.3. The minimum Gasteiger partial charge on any atom is -0.478 e. The molecule has 1 saturated heterocycles. The van der Waals surface area contributed by atoms with E-state index in [4.69, 9.17) is 15.9 Å². The van der Waals surface area contributed by atoms with E-state index in [1.54, 1.807) is 0 Å². The summed E-state index contributed by atoms with van der Waals surface area (Å²) in [5.41, 5.74) is 7.00. The van der Waals surface area contributed by atoms with E-state index in [1.807, 2.05) is 18.2 Å². The highest BCUT2D eigenvalue weighted by Crippen LogP contribution is 2.12. The van der Waals surface area contributed by atoms with Crippen LogP contribution in [-0.2, 0) is 16.1 Å². The lowest BCUT2D eigenvalue weighted by Crippen LogP contribution is -2.32. The Morgan fingerprint density at radius 2 is 1.68 bits per heavy atom. The van der Waals surface area contributed by atoms with Crippen LogP contribution in [0.5, 0.6) is 0 Å². The van der Waals surface area contributed by atoms with Gasteiger partial charge in [0.1, 0.15) is 0 Å². The summed E-state index contributed by atoms with van der Waals surface area (Å²) in [5, 5.41) is 25.1. The highest BCUT2D eigenvalue weighted by Gasteiger charge is 2.27. The van der Waals surface area contributed by atoms with Crippen molar-refractivity contribution in [3.63, 3.8) is 0 Å². The van der Waals surface area contributed by atoms with E-state index in [2.05, 4.69) is 17.0 Å². The number of nitrogens with two attached hydrogens (primary N) is 1. The molecule has 7 nitrogen and oxygen atoms in total. The minimum absolute atomic E-state index is 0.0845. The van der Waals surface area contributed by atoms with Gasteiger partial charge in [0.2, 0.25) is 0 Å². The fourth-order valence-electron chi connectivity index (χ4n) is 2.01. The number of nitrogens with zero attached hydrogens (tertiary/aromatic N) is 1. The molecule has 120 valence electrons. The van der Waals surface area contributed by atoms with Gasteiger partial charge < -0.3 is 21.1 Å². The molecule has 0 radical (unpaired) electrons. The number of rotatable bonds is 4. The summed E-state index contributed by atoms with van der Waals surface area (Å²) in [6.07, 6.45) is 0.753. The van der Waals surface area contributed by atoms with Gasteiger partial charge in [0.05, 0.1) is 6.10 Å². The summed E-state index contributed by atoms with van der Waals surface area (Å²) in [6, 6.07) is 10.2. The number of likely N-dealkylation sites (tertiary alicyclic amines) is 1. The van der Waals surface area contributed by atoms with Gasteiger partial charge in [-0.15, -0.1) is 0 Å². The summed E-state index contributed by atoms with van der Waals surface area (Å²) in [6.45, 7) is 2.36. The maximum atomic E-state index is 9.55. The Morgan fingerprint density at radius 3 is 2.09 bits per heavy atom. The highest BCUT2D eigenvalue weighted by atomic mass is 16.4. The topological polar surface area (TPSA) is 124 Å². The van der Waals surface area contributed by atoms with Gasteiger partial charge in [0.25, 0.3) is 0 Å². The van der Waals surface area contributed by atoms with Crippen molar-refractivity contribution in [1.82, 2.24) is 4.90 Å². The SMILES string of the molecule is NC1CN(Cc2ccccc2)CC1O.O=C(O)C=CC(=O)O. The quantitative estimate of drug-likeness (QED) is 0.573. The zero-order chi connectivity index (χ0) is 16.5. The van der Waals surface area contributed by atoms with E-state index < -0.39 is 11.9 Å². The van der Waals surface area contributed by atoms with Gasteiger partial charge in [-0.3, -0.25) is 4.90 Å². The Labute approximate surface area is 128 Å². The molecule has 0 aliphatic carbocycles. The third-order valence-corrected chi connectivity index (χ3v) is 3.03. The number of benzene rings is 1. The normalized spacial score (nSPS) is 21.4. The molecular weight excluding hydrogens is 288 g/mol. The first-order valence-electron chi connectivity index (χ1n) is 6.72. The van der Waals surface area contributed by atoms with Crippen LogP contribution in [0.4, 0.5) is 0 Å². The number of aliphatic hydroxyl groups is 1. The number of carboxylic acids is 2. The van der Waals surface area contributed by atoms with Gasteiger partial charge in [0, 0.05) is 37.8 Å². The molecule has 7 heteroatoms. The van der Waals surface area contributed by atoms with E-state index >= 15 is 0 Å². The summed E-state index contributed by atoms with van der Waals surface area (Å²) >= 11 is 0. The Bertz CT molecular complexity index is 492. The third kappa shape index (κ3) is 6.98. The standard InChI is InChI=1S/C11H16N2O.C4H4O4/c12-10-7-13(8-11(10)14)6-9-4-2-1-3-5-9;5-3(6)1-2-4(7)8/h1-5,10-11,14H,6-8,12H2;1-2H,(H,5,6)(H,7,8). The van der Waals surface area contributed by atoms with Crippen molar-refractivity contribution in [2.45, 2.75) is 18.7 Å². The van der Waals surface area contributed by atoms with Gasteiger partial charge in [0.15, 0.2) is 0 Å². The first kappa shape index (κ1) is 17.8. The second kappa shape index (κ2) is 8.93. The second-order valence-corrected chi connectivity index (χ2v) is 4.92. The van der Waals surface area contributed by atoms with Crippen molar-refractivity contribution in [2.75, 3.05) is 13.1 Å². The van der Waals surface area contributed by atoms with Crippen LogP contribution in [0.25, 0.3) is 0 Å². The molecule has 1 aliphatic heterocycles. The molecule has 22 heavy (non-hydrogen) atoms. The first-order valence-corrected chi connectivity index (χ1v) is 6.72. The van der Waals surface area contributed by atoms with Crippen LogP contribution in [0.15, 0.2) is 42.5 Å². The number of hydrogen-bond donors (Lipinski definition) is 4. The molecule has 2 unspecified atom stereocenters. The van der Waals surface area contributed by atoms with Gasteiger partial charge >= 0.3 is 11.9 Å². The zero-order valence-corrected chi connectivity index (χ0v) is 12.0. The van der Waals surface area contributed by atoms with Gasteiger partial charge in [-0.1, -0.05) is 30.3 Å². The number of aliphatic hydroxyl groups excluding tert-OH is 1. The van der Waals surface area contributed by atoms with Crippen LogP contribution in [0.1, 0.15) is 5.56 Å². The molecule has 0 amide bonds. The molecule has 5 N–H and O–H groups in total. The van der Waals surface area contributed by atoms with Crippen LogP contribution >= 0.6 is 0 Å². The average molecular weight is 308 g/mol. The smallest absolute Gasteiger partial charge is 0.328 e. The number of carbonyl (C=O) groups is 2. The van der Waals surface area contributed by atoms with Crippen molar-refractivity contribution in [2.24, 2.45) is 5.73 Å². The van der Waals surface area contributed by atoms with Crippen molar-refractivity contribution >= 4 is 11.9 Å². The third-order valence-electron chi connectivity index (χ3n) is 3.03. The summed E-state index contributed by atoms with van der Waals surface area (Å²) in [5.74, 6) is -2.51. The maximum absolute atomic E-state index is 9.55. The zero-order valence-electron chi connectivity index (χ0n) is 12.0. The number of β-amino-alcohol motifs (C(OH)–C–C–N with tert-alkyl or cyclic N) is 1. The molecule has 1 fully saturated rings. The lowest BCUT2D eigenvalue weighted by atomic mass is 10.2. The van der Waals surface area contributed by atoms with Crippen molar-refractivity contribution in [3.05, 3.63) is 48.0 Å². The van der Waals surface area contributed by atoms with E-state index in [0.717, 1.165) is 13.1 Å². The molecule has 1 aliphatic rings. The molecular formula is C15H20N2O5. The fourth-order valence-corrected chi connectivity index (χ4v) is 2.01. The van der Waals surface area contributed by atoms with E-state index in [0.29, 0.717) is 18.7 Å². The van der Waals surface area contributed by atoms with Crippen molar-refractivity contribution in [3.8, 4) is 0 Å².